The normalized spacial score (nSPS) is 22.4. The van der Waals surface area contributed by atoms with E-state index >= 15 is 0 Å². The molecular formula is C17H34N4. The monoisotopic (exact) mass is 294 g/mol. The van der Waals surface area contributed by atoms with Gasteiger partial charge in [-0.1, -0.05) is 6.92 Å². The van der Waals surface area contributed by atoms with Crippen LogP contribution in [-0.4, -0.2) is 62.2 Å². The van der Waals surface area contributed by atoms with Crippen LogP contribution in [0.25, 0.3) is 0 Å². The SMILES string of the molecule is CCCNC(C)(C#N)CCCCN(C)CC1CCN(C)C1. The van der Waals surface area contributed by atoms with Crippen molar-refractivity contribution in [3.63, 3.8) is 0 Å². The van der Waals surface area contributed by atoms with Crippen LogP contribution in [0.15, 0.2) is 0 Å². The predicted octanol–water partition coefficient (Wildman–Crippen LogP) is 2.32. The summed E-state index contributed by atoms with van der Waals surface area (Å²) < 4.78 is 0. The lowest BCUT2D eigenvalue weighted by molar-refractivity contribution is 0.264. The van der Waals surface area contributed by atoms with Gasteiger partial charge in [-0.2, -0.15) is 5.26 Å². The van der Waals surface area contributed by atoms with Crippen LogP contribution in [-0.2, 0) is 0 Å². The van der Waals surface area contributed by atoms with E-state index in [0.717, 1.165) is 38.3 Å². The molecule has 0 aromatic carbocycles. The molecule has 4 nitrogen and oxygen atoms in total. The van der Waals surface area contributed by atoms with Gasteiger partial charge in [0.1, 0.15) is 5.54 Å². The topological polar surface area (TPSA) is 42.3 Å². The van der Waals surface area contributed by atoms with Crippen molar-refractivity contribution in [2.75, 3.05) is 46.8 Å². The third kappa shape index (κ3) is 7.26. The molecule has 122 valence electrons. The van der Waals surface area contributed by atoms with E-state index in [2.05, 4.69) is 42.2 Å². The van der Waals surface area contributed by atoms with E-state index in [4.69, 9.17) is 0 Å². The van der Waals surface area contributed by atoms with Gasteiger partial charge < -0.3 is 9.80 Å². The first-order chi connectivity index (χ1) is 9.99. The van der Waals surface area contributed by atoms with Gasteiger partial charge in [-0.25, -0.2) is 0 Å². The third-order valence-electron chi connectivity index (χ3n) is 4.54. The van der Waals surface area contributed by atoms with Crippen molar-refractivity contribution in [2.24, 2.45) is 5.92 Å². The minimum absolute atomic E-state index is 0.344. The summed E-state index contributed by atoms with van der Waals surface area (Å²) in [7, 11) is 4.45. The number of nitrogens with zero attached hydrogens (tertiary/aromatic N) is 3. The lowest BCUT2D eigenvalue weighted by Crippen LogP contribution is -2.41. The quantitative estimate of drug-likeness (QED) is 0.628. The third-order valence-corrected chi connectivity index (χ3v) is 4.54. The first-order valence-electron chi connectivity index (χ1n) is 8.52. The Labute approximate surface area is 131 Å². The summed E-state index contributed by atoms with van der Waals surface area (Å²) in [6, 6.07) is 2.43. The molecule has 1 rings (SSSR count). The summed E-state index contributed by atoms with van der Waals surface area (Å²) in [6.07, 6.45) is 5.67. The highest BCUT2D eigenvalue weighted by molar-refractivity contribution is 5.03. The molecule has 1 aliphatic rings. The van der Waals surface area contributed by atoms with E-state index in [0.29, 0.717) is 0 Å². The second-order valence-electron chi connectivity index (χ2n) is 7.01. The lowest BCUT2D eigenvalue weighted by Gasteiger charge is -2.24. The zero-order valence-corrected chi connectivity index (χ0v) is 14.5. The molecule has 1 heterocycles. The Hall–Kier alpha value is -0.630. The molecule has 1 saturated heterocycles. The molecule has 21 heavy (non-hydrogen) atoms. The zero-order valence-electron chi connectivity index (χ0n) is 14.5. The van der Waals surface area contributed by atoms with Crippen molar-refractivity contribution < 1.29 is 0 Å². The Morgan fingerprint density at radius 2 is 2.19 bits per heavy atom. The second-order valence-corrected chi connectivity index (χ2v) is 7.01. The van der Waals surface area contributed by atoms with Crippen LogP contribution in [0, 0.1) is 17.2 Å². The van der Waals surface area contributed by atoms with Gasteiger partial charge in [-0.05, 0) is 78.7 Å². The van der Waals surface area contributed by atoms with Gasteiger partial charge in [0.05, 0.1) is 6.07 Å². The smallest absolute Gasteiger partial charge is 0.103 e. The van der Waals surface area contributed by atoms with Crippen molar-refractivity contribution >= 4 is 0 Å². The van der Waals surface area contributed by atoms with Gasteiger partial charge in [0.25, 0.3) is 0 Å². The first-order valence-corrected chi connectivity index (χ1v) is 8.52. The van der Waals surface area contributed by atoms with E-state index in [1.54, 1.807) is 0 Å². The van der Waals surface area contributed by atoms with Crippen LogP contribution >= 0.6 is 0 Å². The van der Waals surface area contributed by atoms with Crippen molar-refractivity contribution in [1.82, 2.24) is 15.1 Å². The summed E-state index contributed by atoms with van der Waals surface area (Å²) in [4.78, 5) is 4.89. The molecule has 2 unspecified atom stereocenters. The lowest BCUT2D eigenvalue weighted by atomic mass is 9.96. The van der Waals surface area contributed by atoms with Gasteiger partial charge in [-0.3, -0.25) is 5.32 Å². The molecule has 0 saturated carbocycles. The Bertz CT molecular complexity index is 325. The molecule has 1 aliphatic heterocycles. The average molecular weight is 294 g/mol. The second kappa shape index (κ2) is 9.40. The molecular weight excluding hydrogens is 260 g/mol. The Morgan fingerprint density at radius 3 is 2.76 bits per heavy atom. The number of nitriles is 1. The Balaban J connectivity index is 2.13. The highest BCUT2D eigenvalue weighted by Gasteiger charge is 2.22. The number of unbranched alkanes of at least 4 members (excludes halogenated alkanes) is 1. The van der Waals surface area contributed by atoms with E-state index in [-0.39, 0.29) is 5.54 Å². The van der Waals surface area contributed by atoms with Gasteiger partial charge in [0.2, 0.25) is 0 Å². The molecule has 0 bridgehead atoms. The van der Waals surface area contributed by atoms with Gasteiger partial charge in [0.15, 0.2) is 0 Å². The molecule has 2 atom stereocenters. The minimum atomic E-state index is -0.344. The fraction of sp³-hybridized carbons (Fsp3) is 0.941. The average Bonchev–Trinajstić information content (AvgIpc) is 2.86. The van der Waals surface area contributed by atoms with E-state index in [9.17, 15) is 5.26 Å². The van der Waals surface area contributed by atoms with Crippen LogP contribution in [0.4, 0.5) is 0 Å². The summed E-state index contributed by atoms with van der Waals surface area (Å²) in [6.45, 7) is 9.96. The maximum atomic E-state index is 9.31. The Kier molecular flexibility index (Phi) is 8.24. The van der Waals surface area contributed by atoms with Gasteiger partial charge >= 0.3 is 0 Å². The van der Waals surface area contributed by atoms with Crippen molar-refractivity contribution in [3.05, 3.63) is 0 Å². The van der Waals surface area contributed by atoms with Crippen LogP contribution in [0.5, 0.6) is 0 Å². The van der Waals surface area contributed by atoms with Crippen LogP contribution < -0.4 is 5.32 Å². The summed E-state index contributed by atoms with van der Waals surface area (Å²) >= 11 is 0. The van der Waals surface area contributed by atoms with Crippen LogP contribution in [0.2, 0.25) is 0 Å². The number of nitrogens with one attached hydrogen (secondary N) is 1. The Morgan fingerprint density at radius 1 is 1.43 bits per heavy atom. The maximum absolute atomic E-state index is 9.31. The standard InChI is InChI=1S/C17H34N4/c1-5-10-19-17(2,15-18)9-6-7-11-20(3)13-16-8-12-21(4)14-16/h16,19H,5-14H2,1-4H3. The number of hydrogen-bond donors (Lipinski definition) is 1. The first kappa shape index (κ1) is 18.4. The molecule has 0 radical (unpaired) electrons. The van der Waals surface area contributed by atoms with Crippen molar-refractivity contribution in [2.45, 2.75) is 51.5 Å². The van der Waals surface area contributed by atoms with Crippen LogP contribution in [0.1, 0.15) is 46.0 Å². The zero-order chi connectivity index (χ0) is 15.7. The molecule has 1 N–H and O–H groups in total. The number of hydrogen-bond acceptors (Lipinski definition) is 4. The molecule has 0 aromatic rings. The predicted molar refractivity (Wildman–Crippen MR) is 89.3 cm³/mol. The van der Waals surface area contributed by atoms with E-state index in [1.807, 2.05) is 6.92 Å². The van der Waals surface area contributed by atoms with E-state index < -0.39 is 0 Å². The summed E-state index contributed by atoms with van der Waals surface area (Å²) in [5.41, 5.74) is -0.344. The molecule has 0 spiro atoms. The van der Waals surface area contributed by atoms with Gasteiger partial charge in [0, 0.05) is 13.1 Å². The fourth-order valence-electron chi connectivity index (χ4n) is 3.15. The van der Waals surface area contributed by atoms with Crippen molar-refractivity contribution in [1.29, 1.82) is 5.26 Å². The molecule has 4 heteroatoms. The summed E-state index contributed by atoms with van der Waals surface area (Å²) in [5.74, 6) is 0.843. The van der Waals surface area contributed by atoms with Crippen LogP contribution in [0.3, 0.4) is 0 Å². The highest BCUT2D eigenvalue weighted by Crippen LogP contribution is 2.16. The highest BCUT2D eigenvalue weighted by atomic mass is 15.1. The molecule has 0 aromatic heterocycles. The maximum Gasteiger partial charge on any atom is 0.103 e. The van der Waals surface area contributed by atoms with Gasteiger partial charge in [-0.15, -0.1) is 0 Å². The fourth-order valence-corrected chi connectivity index (χ4v) is 3.15. The molecule has 0 amide bonds. The minimum Gasteiger partial charge on any atom is -0.306 e. The van der Waals surface area contributed by atoms with Crippen molar-refractivity contribution in [3.8, 4) is 6.07 Å². The molecule has 1 fully saturated rings. The number of rotatable bonds is 10. The van der Waals surface area contributed by atoms with E-state index in [1.165, 1.54) is 32.5 Å². The largest absolute Gasteiger partial charge is 0.306 e. The number of likely N-dealkylation sites (tertiary alicyclic amines) is 1. The summed E-state index contributed by atoms with van der Waals surface area (Å²) in [5, 5.41) is 12.7. The molecule has 0 aliphatic carbocycles.